The van der Waals surface area contributed by atoms with Crippen molar-refractivity contribution in [1.82, 2.24) is 15.6 Å². The van der Waals surface area contributed by atoms with E-state index in [-0.39, 0.29) is 24.0 Å². The van der Waals surface area contributed by atoms with Gasteiger partial charge in [-0.25, -0.2) is 4.79 Å². The van der Waals surface area contributed by atoms with Crippen molar-refractivity contribution in [2.24, 2.45) is 5.73 Å². The van der Waals surface area contributed by atoms with E-state index in [2.05, 4.69) is 15.6 Å². The number of carboxylic acid groups (broad SMARTS) is 1. The van der Waals surface area contributed by atoms with Gasteiger partial charge in [0.25, 0.3) is 5.91 Å². The molecule has 0 radical (unpaired) electrons. The Bertz CT molecular complexity index is 776. The molecule has 7 nitrogen and oxygen atoms in total. The van der Waals surface area contributed by atoms with Gasteiger partial charge in [-0.15, -0.1) is 0 Å². The van der Waals surface area contributed by atoms with Crippen LogP contribution in [0.25, 0.3) is 10.9 Å². The number of halogens is 1. The van der Waals surface area contributed by atoms with Crippen molar-refractivity contribution >= 4 is 34.5 Å². The second-order valence-electron chi connectivity index (χ2n) is 6.12. The molecule has 24 heavy (non-hydrogen) atoms. The molecule has 1 aromatic carbocycles. The lowest BCUT2D eigenvalue weighted by atomic mass is 9.87. The van der Waals surface area contributed by atoms with E-state index in [4.69, 9.17) is 22.4 Å². The highest BCUT2D eigenvalue weighted by Crippen LogP contribution is 2.21. The first-order chi connectivity index (χ1) is 11.4. The van der Waals surface area contributed by atoms with Crippen LogP contribution in [0.4, 0.5) is 4.79 Å². The fraction of sp³-hybridized carbons (Fsp3) is 0.375. The minimum atomic E-state index is -1.05. The van der Waals surface area contributed by atoms with Gasteiger partial charge in [-0.2, -0.15) is 0 Å². The molecule has 128 valence electrons. The number of fused-ring (bicyclic) bond motifs is 1. The number of nitrogens with one attached hydrogen (secondary N) is 3. The SMILES string of the molecule is N[C@@H]1CC(NC(=O)O)CC[C@@H]1NC(=O)c1cc2cc(Cl)ccc2[nH]1. The Hall–Kier alpha value is -2.25. The fourth-order valence-corrected chi connectivity index (χ4v) is 3.34. The topological polar surface area (TPSA) is 120 Å². The molecule has 8 heteroatoms. The van der Waals surface area contributed by atoms with Crippen molar-refractivity contribution in [3.05, 3.63) is 35.0 Å². The Kier molecular flexibility index (Phi) is 4.64. The minimum Gasteiger partial charge on any atom is -0.465 e. The molecule has 0 saturated heterocycles. The zero-order valence-electron chi connectivity index (χ0n) is 12.9. The van der Waals surface area contributed by atoms with Crippen molar-refractivity contribution in [2.45, 2.75) is 37.4 Å². The third kappa shape index (κ3) is 3.63. The number of nitrogens with two attached hydrogens (primary N) is 1. The Morgan fingerprint density at radius 3 is 2.75 bits per heavy atom. The monoisotopic (exact) mass is 350 g/mol. The molecule has 1 aromatic heterocycles. The zero-order valence-corrected chi connectivity index (χ0v) is 13.6. The maximum absolute atomic E-state index is 12.4. The van der Waals surface area contributed by atoms with Crippen molar-refractivity contribution < 1.29 is 14.7 Å². The molecule has 1 aliphatic rings. The molecule has 1 aliphatic carbocycles. The summed E-state index contributed by atoms with van der Waals surface area (Å²) in [7, 11) is 0. The van der Waals surface area contributed by atoms with E-state index in [0.29, 0.717) is 30.0 Å². The molecule has 2 amide bonds. The van der Waals surface area contributed by atoms with Gasteiger partial charge in [0, 0.05) is 34.1 Å². The highest BCUT2D eigenvalue weighted by atomic mass is 35.5. The summed E-state index contributed by atoms with van der Waals surface area (Å²) in [4.78, 5) is 26.2. The third-order valence-electron chi connectivity index (χ3n) is 4.37. The van der Waals surface area contributed by atoms with Gasteiger partial charge in [0.2, 0.25) is 0 Å². The standard InChI is InChI=1S/C16H19ClN4O3/c17-9-1-3-12-8(5-9)6-14(20-12)15(22)21-13-4-2-10(7-11(13)18)19-16(23)24/h1,3,5-6,10-11,13,19-20H,2,4,7,18H2,(H,21,22)(H,23,24)/t10?,11-,13+/m1/s1. The van der Waals surface area contributed by atoms with Gasteiger partial charge in [0.1, 0.15) is 5.69 Å². The number of hydrogen-bond donors (Lipinski definition) is 5. The maximum Gasteiger partial charge on any atom is 0.404 e. The van der Waals surface area contributed by atoms with E-state index >= 15 is 0 Å². The lowest BCUT2D eigenvalue weighted by molar-refractivity contribution is 0.0911. The Morgan fingerprint density at radius 1 is 1.25 bits per heavy atom. The maximum atomic E-state index is 12.4. The minimum absolute atomic E-state index is 0.166. The van der Waals surface area contributed by atoms with Crippen LogP contribution in [0.2, 0.25) is 5.02 Å². The van der Waals surface area contributed by atoms with E-state index in [9.17, 15) is 9.59 Å². The van der Waals surface area contributed by atoms with Crippen LogP contribution >= 0.6 is 11.6 Å². The average Bonchev–Trinajstić information content (AvgIpc) is 2.92. The van der Waals surface area contributed by atoms with Crippen molar-refractivity contribution in [3.8, 4) is 0 Å². The smallest absolute Gasteiger partial charge is 0.404 e. The van der Waals surface area contributed by atoms with E-state index in [0.717, 1.165) is 10.9 Å². The molecule has 2 aromatic rings. The van der Waals surface area contributed by atoms with Gasteiger partial charge in [-0.3, -0.25) is 4.79 Å². The average molecular weight is 351 g/mol. The van der Waals surface area contributed by atoms with Gasteiger partial charge >= 0.3 is 6.09 Å². The molecule has 1 unspecified atom stereocenters. The number of aromatic amines is 1. The number of rotatable bonds is 3. The number of benzene rings is 1. The quantitative estimate of drug-likeness (QED) is 0.582. The molecule has 1 saturated carbocycles. The van der Waals surface area contributed by atoms with Crippen LogP contribution in [0.1, 0.15) is 29.8 Å². The number of carbonyl (C=O) groups is 2. The summed E-state index contributed by atoms with van der Waals surface area (Å²) in [5.41, 5.74) is 7.38. The van der Waals surface area contributed by atoms with E-state index < -0.39 is 6.09 Å². The fourth-order valence-electron chi connectivity index (χ4n) is 3.16. The number of H-pyrrole nitrogens is 1. The van der Waals surface area contributed by atoms with Gasteiger partial charge in [0.05, 0.1) is 0 Å². The van der Waals surface area contributed by atoms with Crippen molar-refractivity contribution in [2.75, 3.05) is 0 Å². The molecule has 0 spiro atoms. The van der Waals surface area contributed by atoms with Gasteiger partial charge in [0.15, 0.2) is 0 Å². The highest BCUT2D eigenvalue weighted by Gasteiger charge is 2.30. The first kappa shape index (κ1) is 16.6. The molecule has 3 rings (SSSR count). The Balaban J connectivity index is 1.64. The second kappa shape index (κ2) is 6.70. The molecule has 1 fully saturated rings. The van der Waals surface area contributed by atoms with Crippen LogP contribution < -0.4 is 16.4 Å². The summed E-state index contributed by atoms with van der Waals surface area (Å²) in [5, 5.41) is 15.6. The summed E-state index contributed by atoms with van der Waals surface area (Å²) in [6.45, 7) is 0. The number of amides is 2. The molecular formula is C16H19ClN4O3. The van der Waals surface area contributed by atoms with Crippen LogP contribution in [0.15, 0.2) is 24.3 Å². The van der Waals surface area contributed by atoms with Crippen LogP contribution in [-0.2, 0) is 0 Å². The van der Waals surface area contributed by atoms with Crippen LogP contribution in [-0.4, -0.2) is 40.2 Å². The van der Waals surface area contributed by atoms with Crippen LogP contribution in [0, 0.1) is 0 Å². The summed E-state index contributed by atoms with van der Waals surface area (Å²) in [6.07, 6.45) is 0.725. The predicted octanol–water partition coefficient (Wildman–Crippen LogP) is 2.07. The lowest BCUT2D eigenvalue weighted by Crippen LogP contribution is -2.54. The number of carbonyl (C=O) groups excluding carboxylic acids is 1. The van der Waals surface area contributed by atoms with Gasteiger partial charge in [-0.1, -0.05) is 11.6 Å². The Morgan fingerprint density at radius 2 is 2.04 bits per heavy atom. The molecule has 1 heterocycles. The number of hydrogen-bond acceptors (Lipinski definition) is 3. The molecule has 0 bridgehead atoms. The summed E-state index contributed by atoms with van der Waals surface area (Å²) in [6, 6.07) is 6.48. The zero-order chi connectivity index (χ0) is 17.3. The summed E-state index contributed by atoms with van der Waals surface area (Å²) >= 11 is 5.95. The van der Waals surface area contributed by atoms with Crippen molar-refractivity contribution in [3.63, 3.8) is 0 Å². The predicted molar refractivity (Wildman–Crippen MR) is 91.3 cm³/mol. The molecular weight excluding hydrogens is 332 g/mol. The van der Waals surface area contributed by atoms with E-state index in [1.165, 1.54) is 0 Å². The highest BCUT2D eigenvalue weighted by molar-refractivity contribution is 6.31. The molecule has 6 N–H and O–H groups in total. The summed E-state index contributed by atoms with van der Waals surface area (Å²) in [5.74, 6) is -0.229. The normalized spacial score (nSPS) is 23.8. The third-order valence-corrected chi connectivity index (χ3v) is 4.61. The van der Waals surface area contributed by atoms with E-state index in [1.54, 1.807) is 18.2 Å². The molecule has 3 atom stereocenters. The summed E-state index contributed by atoms with van der Waals surface area (Å²) < 4.78 is 0. The van der Waals surface area contributed by atoms with Crippen LogP contribution in [0.3, 0.4) is 0 Å². The van der Waals surface area contributed by atoms with Gasteiger partial charge in [-0.05, 0) is 43.5 Å². The van der Waals surface area contributed by atoms with Crippen LogP contribution in [0.5, 0.6) is 0 Å². The lowest BCUT2D eigenvalue weighted by Gasteiger charge is -2.34. The first-order valence-electron chi connectivity index (χ1n) is 7.76. The van der Waals surface area contributed by atoms with Gasteiger partial charge < -0.3 is 26.5 Å². The largest absolute Gasteiger partial charge is 0.465 e. The van der Waals surface area contributed by atoms with E-state index in [1.807, 2.05) is 6.07 Å². The first-order valence-corrected chi connectivity index (χ1v) is 8.14. The van der Waals surface area contributed by atoms with Crippen molar-refractivity contribution in [1.29, 1.82) is 0 Å². The molecule has 0 aliphatic heterocycles. The Labute approximate surface area is 143 Å². The second-order valence-corrected chi connectivity index (χ2v) is 6.55. The number of aromatic nitrogens is 1.